The van der Waals surface area contributed by atoms with E-state index in [0.717, 1.165) is 10.8 Å². The molecule has 0 radical (unpaired) electrons. The van der Waals surface area contributed by atoms with Crippen LogP contribution in [0.4, 0.5) is 0 Å². The largest absolute Gasteiger partial charge is 0.548 e. The van der Waals surface area contributed by atoms with Crippen LogP contribution >= 0.6 is 0 Å². The van der Waals surface area contributed by atoms with E-state index in [-0.39, 0.29) is 13.0 Å². The van der Waals surface area contributed by atoms with Gasteiger partial charge in [0.2, 0.25) is 0 Å². The van der Waals surface area contributed by atoms with Gasteiger partial charge in [-0.1, -0.05) is 25.1 Å². The highest BCUT2D eigenvalue weighted by Gasteiger charge is 2.15. The Hall–Kier alpha value is -3.35. The van der Waals surface area contributed by atoms with E-state index in [1.54, 1.807) is 38.1 Å². The molecule has 7 heteroatoms. The molecule has 0 bridgehead atoms. The number of amides is 1. The Morgan fingerprint density at radius 1 is 1.15 bits per heavy atom. The standard InChI is InChI=1S/C20H19NO6/c1-3-15(19(23)24)21-17(22)10-26-16-9-8-13-12-6-4-5-7-14(12)20(25)27-18(13)11(16)2/h4-9,15H,3,10H2,1-2H3,(H,21,22)(H,23,24)/p-1/t15-/m0/s1. The zero-order chi connectivity index (χ0) is 19.6. The van der Waals surface area contributed by atoms with Crippen LogP contribution in [0.2, 0.25) is 0 Å². The lowest BCUT2D eigenvalue weighted by Crippen LogP contribution is -2.48. The van der Waals surface area contributed by atoms with Crippen LogP contribution in [-0.2, 0) is 9.59 Å². The van der Waals surface area contributed by atoms with E-state index < -0.39 is 23.5 Å². The van der Waals surface area contributed by atoms with E-state index >= 15 is 0 Å². The van der Waals surface area contributed by atoms with Gasteiger partial charge in [-0.2, -0.15) is 0 Å². The van der Waals surface area contributed by atoms with Crippen molar-refractivity contribution in [3.05, 3.63) is 52.4 Å². The molecule has 27 heavy (non-hydrogen) atoms. The Bertz CT molecular complexity index is 1080. The summed E-state index contributed by atoms with van der Waals surface area (Å²) in [4.78, 5) is 35.0. The number of nitrogens with one attached hydrogen (secondary N) is 1. The fraction of sp³-hybridized carbons (Fsp3) is 0.250. The van der Waals surface area contributed by atoms with Crippen LogP contribution in [0.5, 0.6) is 5.75 Å². The molecule has 0 spiro atoms. The highest BCUT2D eigenvalue weighted by Crippen LogP contribution is 2.30. The van der Waals surface area contributed by atoms with Gasteiger partial charge in [0.25, 0.3) is 5.91 Å². The summed E-state index contributed by atoms with van der Waals surface area (Å²) in [6, 6.07) is 9.53. The maximum absolute atomic E-state index is 12.2. The second-order valence-electron chi connectivity index (χ2n) is 6.14. The summed E-state index contributed by atoms with van der Waals surface area (Å²) in [7, 11) is 0. The molecule has 1 atom stereocenters. The van der Waals surface area contributed by atoms with E-state index in [1.807, 2.05) is 12.1 Å². The van der Waals surface area contributed by atoms with Gasteiger partial charge >= 0.3 is 5.63 Å². The number of hydrogen-bond acceptors (Lipinski definition) is 6. The topological polar surface area (TPSA) is 109 Å². The minimum absolute atomic E-state index is 0.210. The number of hydrogen-bond donors (Lipinski definition) is 1. The SMILES string of the molecule is CC[C@H](NC(=O)COc1ccc2c(oc(=O)c3ccccc32)c1C)C(=O)[O-]. The zero-order valence-corrected chi connectivity index (χ0v) is 14.9. The van der Waals surface area contributed by atoms with Crippen LogP contribution in [0, 0.1) is 6.92 Å². The summed E-state index contributed by atoms with van der Waals surface area (Å²) < 4.78 is 10.9. The van der Waals surface area contributed by atoms with E-state index in [0.29, 0.717) is 22.3 Å². The Kier molecular flexibility index (Phi) is 5.12. The van der Waals surface area contributed by atoms with Crippen molar-refractivity contribution in [2.75, 3.05) is 6.61 Å². The van der Waals surface area contributed by atoms with Crippen LogP contribution in [0.15, 0.2) is 45.6 Å². The molecular formula is C20H18NO6-. The summed E-state index contributed by atoms with van der Waals surface area (Å²) in [5.74, 6) is -1.55. The maximum atomic E-state index is 12.2. The average Bonchev–Trinajstić information content (AvgIpc) is 2.66. The fourth-order valence-corrected chi connectivity index (χ4v) is 2.92. The number of fused-ring (bicyclic) bond motifs is 3. The normalized spacial score (nSPS) is 12.1. The van der Waals surface area contributed by atoms with Gasteiger partial charge in [0.05, 0.1) is 17.4 Å². The number of ether oxygens (including phenoxy) is 1. The van der Waals surface area contributed by atoms with Crippen molar-refractivity contribution in [1.82, 2.24) is 5.32 Å². The molecular weight excluding hydrogens is 350 g/mol. The van der Waals surface area contributed by atoms with E-state index in [1.165, 1.54) is 0 Å². The predicted molar refractivity (Wildman–Crippen MR) is 97.5 cm³/mol. The number of aryl methyl sites for hydroxylation is 1. The van der Waals surface area contributed by atoms with Crippen LogP contribution in [-0.4, -0.2) is 24.5 Å². The van der Waals surface area contributed by atoms with Gasteiger partial charge in [-0.15, -0.1) is 0 Å². The summed E-state index contributed by atoms with van der Waals surface area (Å²) in [6.07, 6.45) is 0.210. The third-order valence-electron chi connectivity index (χ3n) is 4.37. The van der Waals surface area contributed by atoms with Gasteiger partial charge in [0.1, 0.15) is 11.3 Å². The minimum atomic E-state index is -1.35. The molecule has 0 unspecified atom stereocenters. The van der Waals surface area contributed by atoms with Crippen molar-refractivity contribution in [2.45, 2.75) is 26.3 Å². The van der Waals surface area contributed by atoms with E-state index in [9.17, 15) is 19.5 Å². The lowest BCUT2D eigenvalue weighted by atomic mass is 10.0. The van der Waals surface area contributed by atoms with E-state index in [4.69, 9.17) is 9.15 Å². The van der Waals surface area contributed by atoms with Crippen molar-refractivity contribution in [1.29, 1.82) is 0 Å². The number of rotatable bonds is 6. The lowest BCUT2D eigenvalue weighted by Gasteiger charge is -2.18. The number of benzene rings is 2. The van der Waals surface area contributed by atoms with Gasteiger partial charge < -0.3 is 24.4 Å². The first-order valence-corrected chi connectivity index (χ1v) is 8.50. The lowest BCUT2D eigenvalue weighted by molar-refractivity contribution is -0.308. The van der Waals surface area contributed by atoms with Crippen LogP contribution in [0.1, 0.15) is 18.9 Å². The number of carbonyl (C=O) groups excluding carboxylic acids is 2. The molecule has 0 aliphatic heterocycles. The monoisotopic (exact) mass is 368 g/mol. The predicted octanol–water partition coefficient (Wildman–Crippen LogP) is 1.28. The van der Waals surface area contributed by atoms with Crippen molar-refractivity contribution >= 4 is 33.6 Å². The number of carboxylic acids is 1. The van der Waals surface area contributed by atoms with Gasteiger partial charge in [-0.3, -0.25) is 4.79 Å². The first-order valence-electron chi connectivity index (χ1n) is 8.50. The molecule has 0 aliphatic rings. The maximum Gasteiger partial charge on any atom is 0.344 e. The molecule has 1 aromatic heterocycles. The second-order valence-corrected chi connectivity index (χ2v) is 6.14. The highest BCUT2D eigenvalue weighted by atomic mass is 16.5. The van der Waals surface area contributed by atoms with Gasteiger partial charge in [0.15, 0.2) is 6.61 Å². The summed E-state index contributed by atoms with van der Waals surface area (Å²) >= 11 is 0. The molecule has 0 fully saturated rings. The van der Waals surface area contributed by atoms with Gasteiger partial charge in [-0.25, -0.2) is 4.79 Å². The first-order chi connectivity index (χ1) is 12.9. The Balaban J connectivity index is 1.87. The summed E-state index contributed by atoms with van der Waals surface area (Å²) in [5, 5.41) is 15.2. The molecule has 7 nitrogen and oxygen atoms in total. The average molecular weight is 368 g/mol. The molecule has 0 saturated carbocycles. The Morgan fingerprint density at radius 2 is 1.85 bits per heavy atom. The number of carbonyl (C=O) groups is 2. The Morgan fingerprint density at radius 3 is 2.52 bits per heavy atom. The first kappa shape index (κ1) is 18.4. The Labute approximate surface area is 154 Å². The number of carboxylic acid groups (broad SMARTS) is 1. The summed E-state index contributed by atoms with van der Waals surface area (Å²) in [5.41, 5.74) is 0.517. The smallest absolute Gasteiger partial charge is 0.344 e. The van der Waals surface area contributed by atoms with E-state index in [2.05, 4.69) is 5.32 Å². The summed E-state index contributed by atoms with van der Waals surface area (Å²) in [6.45, 7) is 2.98. The minimum Gasteiger partial charge on any atom is -0.548 e. The molecule has 3 aromatic rings. The van der Waals surface area contributed by atoms with Crippen molar-refractivity contribution < 1.29 is 23.8 Å². The van der Waals surface area contributed by atoms with Crippen LogP contribution in [0.3, 0.4) is 0 Å². The second kappa shape index (κ2) is 7.49. The third kappa shape index (κ3) is 3.62. The van der Waals surface area contributed by atoms with Crippen LogP contribution < -0.4 is 20.8 Å². The van der Waals surface area contributed by atoms with Crippen molar-refractivity contribution in [3.63, 3.8) is 0 Å². The quantitative estimate of drug-likeness (QED) is 0.519. The molecule has 3 rings (SSSR count). The molecule has 140 valence electrons. The van der Waals surface area contributed by atoms with Gasteiger partial charge in [-0.05, 0) is 36.9 Å². The molecule has 1 N–H and O–H groups in total. The van der Waals surface area contributed by atoms with Crippen LogP contribution in [0.25, 0.3) is 21.7 Å². The van der Waals surface area contributed by atoms with Gasteiger partial charge in [0, 0.05) is 10.9 Å². The fourth-order valence-electron chi connectivity index (χ4n) is 2.92. The highest BCUT2D eigenvalue weighted by molar-refractivity contribution is 6.05. The molecule has 1 heterocycles. The van der Waals surface area contributed by atoms with Crippen molar-refractivity contribution in [3.8, 4) is 5.75 Å². The molecule has 1 amide bonds. The number of aliphatic carboxylic acids is 1. The molecule has 2 aromatic carbocycles. The van der Waals surface area contributed by atoms with Crippen molar-refractivity contribution in [2.24, 2.45) is 0 Å². The third-order valence-corrected chi connectivity index (χ3v) is 4.37. The molecule has 0 saturated heterocycles. The molecule has 0 aliphatic carbocycles. The zero-order valence-electron chi connectivity index (χ0n) is 14.9.